The molecule has 0 aromatic heterocycles. The van der Waals surface area contributed by atoms with Crippen LogP contribution in [0.25, 0.3) is 0 Å². The first-order valence-corrected chi connectivity index (χ1v) is 6.23. The van der Waals surface area contributed by atoms with Crippen molar-refractivity contribution in [3.05, 3.63) is 35.4 Å². The van der Waals surface area contributed by atoms with Crippen molar-refractivity contribution in [2.75, 3.05) is 32.8 Å². The first kappa shape index (κ1) is 13.4. The molecule has 2 N–H and O–H groups in total. The van der Waals surface area contributed by atoms with Gasteiger partial charge in [0.25, 0.3) is 0 Å². The van der Waals surface area contributed by atoms with E-state index in [0.29, 0.717) is 12.0 Å². The zero-order chi connectivity index (χ0) is 13.0. The number of hydrogen-bond donors (Lipinski definition) is 2. The van der Waals surface area contributed by atoms with Gasteiger partial charge in [-0.3, -0.25) is 4.90 Å². The summed E-state index contributed by atoms with van der Waals surface area (Å²) in [6.07, 6.45) is 0.417. The van der Waals surface area contributed by atoms with Gasteiger partial charge in [0.2, 0.25) is 0 Å². The van der Waals surface area contributed by atoms with E-state index in [-0.39, 0.29) is 12.6 Å². The Labute approximate surface area is 105 Å². The Bertz CT molecular complexity index is 395. The molecule has 5 heteroatoms. The van der Waals surface area contributed by atoms with Crippen LogP contribution in [0.5, 0.6) is 0 Å². The van der Waals surface area contributed by atoms with Crippen LogP contribution in [0.4, 0.5) is 8.78 Å². The number of halogens is 2. The van der Waals surface area contributed by atoms with Gasteiger partial charge in [-0.2, -0.15) is 0 Å². The third kappa shape index (κ3) is 2.85. The lowest BCUT2D eigenvalue weighted by molar-refractivity contribution is 0.138. The maximum Gasteiger partial charge on any atom is 0.163 e. The van der Waals surface area contributed by atoms with Gasteiger partial charge in [0.1, 0.15) is 0 Å². The van der Waals surface area contributed by atoms with E-state index in [1.165, 1.54) is 6.07 Å². The predicted octanol–water partition coefficient (Wildman–Crippen LogP) is 1.29. The van der Waals surface area contributed by atoms with Gasteiger partial charge in [0.05, 0.1) is 0 Å². The summed E-state index contributed by atoms with van der Waals surface area (Å²) >= 11 is 0. The lowest BCUT2D eigenvalue weighted by Gasteiger charge is -2.35. The first-order valence-electron chi connectivity index (χ1n) is 6.23. The van der Waals surface area contributed by atoms with Crippen LogP contribution in [0, 0.1) is 11.6 Å². The van der Waals surface area contributed by atoms with Crippen molar-refractivity contribution in [1.82, 2.24) is 10.2 Å². The maximum atomic E-state index is 13.8. The zero-order valence-corrected chi connectivity index (χ0v) is 10.2. The van der Waals surface area contributed by atoms with Crippen LogP contribution in [0.2, 0.25) is 0 Å². The molecule has 1 atom stereocenters. The minimum Gasteiger partial charge on any atom is -0.396 e. The fourth-order valence-corrected chi connectivity index (χ4v) is 2.43. The summed E-state index contributed by atoms with van der Waals surface area (Å²) in [5, 5.41) is 12.3. The molecule has 0 radical (unpaired) electrons. The van der Waals surface area contributed by atoms with Crippen molar-refractivity contribution in [3.8, 4) is 0 Å². The zero-order valence-electron chi connectivity index (χ0n) is 10.2. The van der Waals surface area contributed by atoms with E-state index in [2.05, 4.69) is 10.2 Å². The van der Waals surface area contributed by atoms with Crippen LogP contribution in [-0.2, 0) is 0 Å². The van der Waals surface area contributed by atoms with E-state index in [1.807, 2.05) is 0 Å². The molecule has 0 unspecified atom stereocenters. The average Bonchev–Trinajstić information content (AvgIpc) is 2.41. The SMILES string of the molecule is OCC[C@H](c1cccc(F)c1F)N1CCNCC1. The molecule has 1 aliphatic heterocycles. The first-order chi connectivity index (χ1) is 8.74. The summed E-state index contributed by atoms with van der Waals surface area (Å²) in [7, 11) is 0. The van der Waals surface area contributed by atoms with Crippen molar-refractivity contribution in [3.63, 3.8) is 0 Å². The van der Waals surface area contributed by atoms with Crippen molar-refractivity contribution in [2.45, 2.75) is 12.5 Å². The highest BCUT2D eigenvalue weighted by atomic mass is 19.2. The van der Waals surface area contributed by atoms with Crippen LogP contribution >= 0.6 is 0 Å². The number of benzene rings is 1. The highest BCUT2D eigenvalue weighted by Gasteiger charge is 2.25. The second-order valence-corrected chi connectivity index (χ2v) is 4.46. The molecule has 0 amide bonds. The minimum absolute atomic E-state index is 0.0372. The lowest BCUT2D eigenvalue weighted by atomic mass is 10.0. The van der Waals surface area contributed by atoms with Gasteiger partial charge in [-0.15, -0.1) is 0 Å². The summed E-state index contributed by atoms with van der Waals surface area (Å²) in [6, 6.07) is 3.97. The Morgan fingerprint density at radius 3 is 2.67 bits per heavy atom. The highest BCUT2D eigenvalue weighted by molar-refractivity contribution is 5.23. The Morgan fingerprint density at radius 1 is 1.28 bits per heavy atom. The maximum absolute atomic E-state index is 13.8. The molecular weight excluding hydrogens is 238 g/mol. The fourth-order valence-electron chi connectivity index (χ4n) is 2.43. The molecule has 1 heterocycles. The van der Waals surface area contributed by atoms with Gasteiger partial charge in [0.15, 0.2) is 11.6 Å². The number of aliphatic hydroxyl groups is 1. The molecule has 1 fully saturated rings. The molecule has 100 valence electrons. The van der Waals surface area contributed by atoms with Crippen LogP contribution < -0.4 is 5.32 Å². The van der Waals surface area contributed by atoms with Crippen LogP contribution in [0.1, 0.15) is 18.0 Å². The van der Waals surface area contributed by atoms with E-state index in [9.17, 15) is 8.78 Å². The van der Waals surface area contributed by atoms with E-state index in [4.69, 9.17) is 5.11 Å². The molecule has 0 aliphatic carbocycles. The number of rotatable bonds is 4. The summed E-state index contributed by atoms with van der Waals surface area (Å²) < 4.78 is 27.1. The predicted molar refractivity (Wildman–Crippen MR) is 65.2 cm³/mol. The molecule has 1 aliphatic rings. The molecule has 1 aromatic carbocycles. The topological polar surface area (TPSA) is 35.5 Å². The second-order valence-electron chi connectivity index (χ2n) is 4.46. The van der Waals surface area contributed by atoms with Gasteiger partial charge < -0.3 is 10.4 Å². The summed E-state index contributed by atoms with van der Waals surface area (Å²) in [6.45, 7) is 3.18. The summed E-state index contributed by atoms with van der Waals surface area (Å²) in [5.74, 6) is -1.62. The van der Waals surface area contributed by atoms with E-state index in [0.717, 1.165) is 32.2 Å². The molecule has 0 spiro atoms. The van der Waals surface area contributed by atoms with Crippen molar-refractivity contribution >= 4 is 0 Å². The van der Waals surface area contributed by atoms with Crippen LogP contribution in [0.3, 0.4) is 0 Å². The van der Waals surface area contributed by atoms with Gasteiger partial charge in [0, 0.05) is 44.4 Å². The average molecular weight is 256 g/mol. The van der Waals surface area contributed by atoms with Crippen molar-refractivity contribution in [2.24, 2.45) is 0 Å². The normalized spacial score (nSPS) is 18.8. The molecule has 3 nitrogen and oxygen atoms in total. The second kappa shape index (κ2) is 6.22. The van der Waals surface area contributed by atoms with Crippen molar-refractivity contribution in [1.29, 1.82) is 0 Å². The van der Waals surface area contributed by atoms with Gasteiger partial charge >= 0.3 is 0 Å². The number of nitrogens with zero attached hydrogens (tertiary/aromatic N) is 1. The van der Waals surface area contributed by atoms with Crippen molar-refractivity contribution < 1.29 is 13.9 Å². The molecule has 18 heavy (non-hydrogen) atoms. The van der Waals surface area contributed by atoms with E-state index >= 15 is 0 Å². The number of aliphatic hydroxyl groups excluding tert-OH is 1. The Morgan fingerprint density at radius 2 is 2.00 bits per heavy atom. The Balaban J connectivity index is 2.25. The summed E-state index contributed by atoms with van der Waals surface area (Å²) in [4.78, 5) is 2.09. The third-order valence-electron chi connectivity index (χ3n) is 3.34. The number of hydrogen-bond acceptors (Lipinski definition) is 3. The standard InChI is InChI=1S/C13H18F2N2O/c14-11-3-1-2-10(13(11)15)12(4-9-18)17-7-5-16-6-8-17/h1-3,12,16,18H,4-9H2/t12-/m1/s1. The number of nitrogens with one attached hydrogen (secondary N) is 1. The largest absolute Gasteiger partial charge is 0.396 e. The molecule has 0 bridgehead atoms. The van der Waals surface area contributed by atoms with Gasteiger partial charge in [-0.25, -0.2) is 8.78 Å². The number of piperazine rings is 1. The monoisotopic (exact) mass is 256 g/mol. The molecule has 1 saturated heterocycles. The quantitative estimate of drug-likeness (QED) is 0.852. The smallest absolute Gasteiger partial charge is 0.163 e. The van der Waals surface area contributed by atoms with E-state index in [1.54, 1.807) is 6.07 Å². The molecule has 2 rings (SSSR count). The highest BCUT2D eigenvalue weighted by Crippen LogP contribution is 2.27. The van der Waals surface area contributed by atoms with E-state index < -0.39 is 11.6 Å². The fraction of sp³-hybridized carbons (Fsp3) is 0.538. The molecule has 0 saturated carbocycles. The molecular formula is C13H18F2N2O. The van der Waals surface area contributed by atoms with Crippen LogP contribution in [0.15, 0.2) is 18.2 Å². The van der Waals surface area contributed by atoms with Gasteiger partial charge in [-0.05, 0) is 12.5 Å². The minimum atomic E-state index is -0.828. The molecule has 1 aromatic rings. The lowest BCUT2D eigenvalue weighted by Crippen LogP contribution is -2.45. The third-order valence-corrected chi connectivity index (χ3v) is 3.34. The Kier molecular flexibility index (Phi) is 4.63. The summed E-state index contributed by atoms with van der Waals surface area (Å²) in [5.41, 5.74) is 0.339. The Hall–Kier alpha value is -1.04. The van der Waals surface area contributed by atoms with Crippen LogP contribution in [-0.4, -0.2) is 42.8 Å². The van der Waals surface area contributed by atoms with Gasteiger partial charge in [-0.1, -0.05) is 12.1 Å².